The summed E-state index contributed by atoms with van der Waals surface area (Å²) in [5.41, 5.74) is 1.30. The molecule has 112 valence electrons. The minimum atomic E-state index is 0.174. The van der Waals surface area contributed by atoms with E-state index in [1.807, 2.05) is 0 Å². The summed E-state index contributed by atoms with van der Waals surface area (Å²) in [5.74, 6) is 0.868. The van der Waals surface area contributed by atoms with Crippen molar-refractivity contribution in [3.63, 3.8) is 0 Å². The van der Waals surface area contributed by atoms with Crippen LogP contribution in [0.3, 0.4) is 0 Å². The molecule has 1 aromatic carbocycles. The van der Waals surface area contributed by atoms with Gasteiger partial charge in [0.1, 0.15) is 0 Å². The summed E-state index contributed by atoms with van der Waals surface area (Å²) in [6.07, 6.45) is 8.44. The fourth-order valence-electron chi connectivity index (χ4n) is 3.44. The molecule has 2 rings (SSSR count). The number of likely N-dealkylation sites (N-methyl/N-ethyl adjacent to an activating group) is 1. The molecule has 2 nitrogen and oxygen atoms in total. The van der Waals surface area contributed by atoms with Crippen LogP contribution >= 0.6 is 0 Å². The van der Waals surface area contributed by atoms with E-state index in [0.717, 1.165) is 12.5 Å². The molecule has 0 radical (unpaired) electrons. The van der Waals surface area contributed by atoms with Crippen LogP contribution in [0.5, 0.6) is 0 Å². The largest absolute Gasteiger partial charge is 0.372 e. The van der Waals surface area contributed by atoms with E-state index in [9.17, 15) is 0 Å². The predicted molar refractivity (Wildman–Crippen MR) is 84.8 cm³/mol. The molecule has 1 aliphatic carbocycles. The van der Waals surface area contributed by atoms with Crippen LogP contribution in [-0.4, -0.2) is 19.7 Å². The zero-order valence-corrected chi connectivity index (χ0v) is 13.0. The van der Waals surface area contributed by atoms with Crippen LogP contribution < -0.4 is 5.32 Å². The molecule has 0 saturated heterocycles. The van der Waals surface area contributed by atoms with E-state index in [1.54, 1.807) is 0 Å². The Hall–Kier alpha value is -0.860. The third kappa shape index (κ3) is 4.32. The minimum Gasteiger partial charge on any atom is -0.372 e. The SMILES string of the molecule is CCOC(c1ccccc1)C(CC1CCCCC1)NC. The molecular formula is C18H29NO. The Morgan fingerprint density at radius 3 is 2.45 bits per heavy atom. The molecule has 1 aromatic rings. The summed E-state index contributed by atoms with van der Waals surface area (Å²) in [4.78, 5) is 0. The van der Waals surface area contributed by atoms with Gasteiger partial charge in [-0.25, -0.2) is 0 Å². The van der Waals surface area contributed by atoms with Gasteiger partial charge in [-0.05, 0) is 31.9 Å². The minimum absolute atomic E-state index is 0.174. The van der Waals surface area contributed by atoms with E-state index in [4.69, 9.17) is 4.74 Å². The topological polar surface area (TPSA) is 21.3 Å². The maximum absolute atomic E-state index is 6.06. The standard InChI is InChI=1S/C18H29NO/c1-3-20-18(16-12-8-5-9-13-16)17(19-2)14-15-10-6-4-7-11-15/h5,8-9,12-13,15,17-19H,3-4,6-7,10-11,14H2,1-2H3. The molecule has 2 heteroatoms. The molecule has 0 heterocycles. The van der Waals surface area contributed by atoms with Crippen LogP contribution in [0.2, 0.25) is 0 Å². The first-order chi connectivity index (χ1) is 9.85. The maximum Gasteiger partial charge on any atom is 0.0977 e. The lowest BCUT2D eigenvalue weighted by atomic mass is 9.83. The molecule has 20 heavy (non-hydrogen) atoms. The zero-order valence-electron chi connectivity index (χ0n) is 13.0. The predicted octanol–water partition coefficient (Wildman–Crippen LogP) is 4.32. The highest BCUT2D eigenvalue weighted by Gasteiger charge is 2.26. The van der Waals surface area contributed by atoms with Gasteiger partial charge in [0, 0.05) is 12.6 Å². The molecule has 1 fully saturated rings. The smallest absolute Gasteiger partial charge is 0.0977 e. The third-order valence-corrected chi connectivity index (χ3v) is 4.52. The Bertz CT molecular complexity index is 359. The molecule has 2 unspecified atom stereocenters. The molecule has 0 aromatic heterocycles. The molecular weight excluding hydrogens is 246 g/mol. The van der Waals surface area contributed by atoms with Gasteiger partial charge in [-0.3, -0.25) is 0 Å². The first-order valence-electron chi connectivity index (χ1n) is 8.19. The van der Waals surface area contributed by atoms with Crippen LogP contribution in [0.25, 0.3) is 0 Å². The van der Waals surface area contributed by atoms with Crippen molar-refractivity contribution in [3.8, 4) is 0 Å². The van der Waals surface area contributed by atoms with Gasteiger partial charge >= 0.3 is 0 Å². The van der Waals surface area contributed by atoms with Crippen molar-refractivity contribution in [2.45, 2.75) is 57.6 Å². The Labute approximate surface area is 123 Å². The van der Waals surface area contributed by atoms with Crippen molar-refractivity contribution in [1.29, 1.82) is 0 Å². The van der Waals surface area contributed by atoms with Crippen molar-refractivity contribution in [2.75, 3.05) is 13.7 Å². The summed E-state index contributed by atoms with van der Waals surface area (Å²) >= 11 is 0. The average molecular weight is 275 g/mol. The van der Waals surface area contributed by atoms with E-state index in [2.05, 4.69) is 49.6 Å². The Kier molecular flexibility index (Phi) is 6.55. The lowest BCUT2D eigenvalue weighted by Crippen LogP contribution is -2.36. The fourth-order valence-corrected chi connectivity index (χ4v) is 3.44. The number of ether oxygens (including phenoxy) is 1. The molecule has 1 aliphatic rings. The summed E-state index contributed by atoms with van der Waals surface area (Å²) < 4.78 is 6.06. The third-order valence-electron chi connectivity index (χ3n) is 4.52. The lowest BCUT2D eigenvalue weighted by molar-refractivity contribution is 0.0267. The molecule has 2 atom stereocenters. The van der Waals surface area contributed by atoms with Crippen molar-refractivity contribution in [3.05, 3.63) is 35.9 Å². The van der Waals surface area contributed by atoms with Crippen molar-refractivity contribution in [2.24, 2.45) is 5.92 Å². The highest BCUT2D eigenvalue weighted by Crippen LogP contribution is 2.32. The second kappa shape index (κ2) is 8.43. The van der Waals surface area contributed by atoms with Crippen molar-refractivity contribution < 1.29 is 4.74 Å². The Morgan fingerprint density at radius 1 is 1.15 bits per heavy atom. The second-order valence-electron chi connectivity index (χ2n) is 5.92. The van der Waals surface area contributed by atoms with Gasteiger partial charge < -0.3 is 10.1 Å². The van der Waals surface area contributed by atoms with Crippen LogP contribution in [0.4, 0.5) is 0 Å². The van der Waals surface area contributed by atoms with E-state index >= 15 is 0 Å². The van der Waals surface area contributed by atoms with Crippen LogP contribution in [-0.2, 0) is 4.74 Å². The van der Waals surface area contributed by atoms with Gasteiger partial charge in [0.15, 0.2) is 0 Å². The monoisotopic (exact) mass is 275 g/mol. The maximum atomic E-state index is 6.06. The summed E-state index contributed by atoms with van der Waals surface area (Å²) in [6, 6.07) is 11.1. The van der Waals surface area contributed by atoms with E-state index in [1.165, 1.54) is 44.1 Å². The molecule has 0 bridgehead atoms. The van der Waals surface area contributed by atoms with Gasteiger partial charge in [-0.15, -0.1) is 0 Å². The molecule has 0 spiro atoms. The van der Waals surface area contributed by atoms with Crippen molar-refractivity contribution in [1.82, 2.24) is 5.32 Å². The van der Waals surface area contributed by atoms with E-state index < -0.39 is 0 Å². The normalized spacial score (nSPS) is 19.7. The first-order valence-corrected chi connectivity index (χ1v) is 8.19. The average Bonchev–Trinajstić information content (AvgIpc) is 2.52. The second-order valence-corrected chi connectivity index (χ2v) is 5.92. The van der Waals surface area contributed by atoms with Crippen LogP contribution in [0.15, 0.2) is 30.3 Å². The molecule has 1 N–H and O–H groups in total. The van der Waals surface area contributed by atoms with Gasteiger partial charge in [0.05, 0.1) is 6.10 Å². The summed E-state index contributed by atoms with van der Waals surface area (Å²) in [6.45, 7) is 2.85. The molecule has 1 saturated carbocycles. The van der Waals surface area contributed by atoms with Gasteiger partial charge in [0.25, 0.3) is 0 Å². The number of nitrogens with one attached hydrogen (secondary N) is 1. The van der Waals surface area contributed by atoms with Crippen LogP contribution in [0.1, 0.15) is 57.1 Å². The van der Waals surface area contributed by atoms with E-state index in [-0.39, 0.29) is 6.10 Å². The Balaban J connectivity index is 2.04. The number of benzene rings is 1. The summed E-state index contributed by atoms with van der Waals surface area (Å²) in [5, 5.41) is 3.51. The zero-order chi connectivity index (χ0) is 14.2. The number of rotatable bonds is 7. The van der Waals surface area contributed by atoms with Gasteiger partial charge in [-0.1, -0.05) is 62.4 Å². The highest BCUT2D eigenvalue weighted by molar-refractivity contribution is 5.19. The molecule has 0 aliphatic heterocycles. The first kappa shape index (κ1) is 15.5. The van der Waals surface area contributed by atoms with E-state index in [0.29, 0.717) is 6.04 Å². The summed E-state index contributed by atoms with van der Waals surface area (Å²) in [7, 11) is 2.07. The van der Waals surface area contributed by atoms with Gasteiger partial charge in [-0.2, -0.15) is 0 Å². The molecule has 0 amide bonds. The highest BCUT2D eigenvalue weighted by atomic mass is 16.5. The van der Waals surface area contributed by atoms with Crippen LogP contribution in [0, 0.1) is 5.92 Å². The number of hydrogen-bond acceptors (Lipinski definition) is 2. The Morgan fingerprint density at radius 2 is 1.85 bits per heavy atom. The lowest BCUT2D eigenvalue weighted by Gasteiger charge is -2.32. The van der Waals surface area contributed by atoms with Gasteiger partial charge in [0.2, 0.25) is 0 Å². The quantitative estimate of drug-likeness (QED) is 0.800. The fraction of sp³-hybridized carbons (Fsp3) is 0.667. The number of hydrogen-bond donors (Lipinski definition) is 1. The van der Waals surface area contributed by atoms with Crippen molar-refractivity contribution >= 4 is 0 Å².